The Morgan fingerprint density at radius 1 is 1.20 bits per heavy atom. The zero-order valence-corrected chi connectivity index (χ0v) is 12.6. The molecule has 0 saturated carbocycles. The number of aliphatic imine (C=N–C) groups is 1. The number of amidine groups is 1. The van der Waals surface area contributed by atoms with Crippen LogP contribution in [-0.4, -0.2) is 18.9 Å². The Labute approximate surface area is 124 Å². The van der Waals surface area contributed by atoms with Crippen LogP contribution in [0.1, 0.15) is 23.8 Å². The first-order valence-corrected chi connectivity index (χ1v) is 7.85. The zero-order chi connectivity index (χ0) is 14.2. The SMILES string of the molecule is CCCNCCc1ccc(N=C(N)c2cccs2)cc1. The first kappa shape index (κ1) is 14.8. The van der Waals surface area contributed by atoms with E-state index >= 15 is 0 Å². The molecule has 0 spiro atoms. The van der Waals surface area contributed by atoms with Crippen LogP contribution in [0.4, 0.5) is 5.69 Å². The number of nitrogens with one attached hydrogen (secondary N) is 1. The van der Waals surface area contributed by atoms with Crippen LogP contribution in [0.15, 0.2) is 46.8 Å². The quantitative estimate of drug-likeness (QED) is 0.466. The van der Waals surface area contributed by atoms with Gasteiger partial charge in [0.15, 0.2) is 0 Å². The molecule has 20 heavy (non-hydrogen) atoms. The van der Waals surface area contributed by atoms with Crippen molar-refractivity contribution in [2.45, 2.75) is 19.8 Å². The molecule has 4 heteroatoms. The highest BCUT2D eigenvalue weighted by molar-refractivity contribution is 7.12. The zero-order valence-electron chi connectivity index (χ0n) is 11.8. The van der Waals surface area contributed by atoms with Gasteiger partial charge in [-0.15, -0.1) is 11.3 Å². The number of nitrogens with two attached hydrogens (primary N) is 1. The second-order valence-corrected chi connectivity index (χ2v) is 5.59. The van der Waals surface area contributed by atoms with Crippen LogP contribution >= 0.6 is 11.3 Å². The van der Waals surface area contributed by atoms with Crippen molar-refractivity contribution in [2.75, 3.05) is 13.1 Å². The highest BCUT2D eigenvalue weighted by atomic mass is 32.1. The fraction of sp³-hybridized carbons (Fsp3) is 0.312. The lowest BCUT2D eigenvalue weighted by Gasteiger charge is -2.04. The predicted octanol–water partition coefficient (Wildman–Crippen LogP) is 3.33. The highest BCUT2D eigenvalue weighted by Gasteiger charge is 1.99. The molecule has 106 valence electrons. The van der Waals surface area contributed by atoms with Crippen LogP contribution < -0.4 is 11.1 Å². The van der Waals surface area contributed by atoms with Crippen LogP contribution in [0.25, 0.3) is 0 Å². The maximum atomic E-state index is 5.97. The number of thiophene rings is 1. The van der Waals surface area contributed by atoms with Crippen LogP contribution in [0.5, 0.6) is 0 Å². The third-order valence-electron chi connectivity index (χ3n) is 2.98. The van der Waals surface area contributed by atoms with Crippen LogP contribution in [-0.2, 0) is 6.42 Å². The number of rotatable bonds is 7. The van der Waals surface area contributed by atoms with Gasteiger partial charge >= 0.3 is 0 Å². The van der Waals surface area contributed by atoms with E-state index in [1.165, 1.54) is 12.0 Å². The molecule has 1 heterocycles. The van der Waals surface area contributed by atoms with E-state index in [0.717, 1.165) is 30.1 Å². The van der Waals surface area contributed by atoms with Gasteiger partial charge in [0.25, 0.3) is 0 Å². The molecule has 0 amide bonds. The molecule has 0 unspecified atom stereocenters. The maximum Gasteiger partial charge on any atom is 0.141 e. The van der Waals surface area contributed by atoms with Crippen molar-refractivity contribution < 1.29 is 0 Å². The lowest BCUT2D eigenvalue weighted by Crippen LogP contribution is -2.17. The van der Waals surface area contributed by atoms with Crippen molar-refractivity contribution >= 4 is 22.9 Å². The van der Waals surface area contributed by atoms with E-state index in [0.29, 0.717) is 5.84 Å². The summed E-state index contributed by atoms with van der Waals surface area (Å²) in [5.74, 6) is 0.581. The van der Waals surface area contributed by atoms with Gasteiger partial charge in [0, 0.05) is 0 Å². The fourth-order valence-electron chi connectivity index (χ4n) is 1.89. The maximum absolute atomic E-state index is 5.97. The topological polar surface area (TPSA) is 50.4 Å². The number of nitrogens with zero attached hydrogens (tertiary/aromatic N) is 1. The first-order chi connectivity index (χ1) is 9.79. The number of benzene rings is 1. The molecular formula is C16H21N3S. The van der Waals surface area contributed by atoms with Crippen molar-refractivity contribution in [2.24, 2.45) is 10.7 Å². The average Bonchev–Trinajstić information content (AvgIpc) is 3.00. The Hall–Kier alpha value is -1.65. The van der Waals surface area contributed by atoms with Crippen molar-refractivity contribution in [1.29, 1.82) is 0 Å². The summed E-state index contributed by atoms with van der Waals surface area (Å²) in [6, 6.07) is 12.2. The number of hydrogen-bond donors (Lipinski definition) is 2. The molecule has 2 rings (SSSR count). The molecule has 1 aromatic heterocycles. The van der Waals surface area contributed by atoms with E-state index in [2.05, 4.69) is 29.4 Å². The Bertz CT molecular complexity index is 529. The van der Waals surface area contributed by atoms with Crippen molar-refractivity contribution in [3.05, 3.63) is 52.2 Å². The second kappa shape index (κ2) is 7.82. The summed E-state index contributed by atoms with van der Waals surface area (Å²) < 4.78 is 0. The standard InChI is InChI=1S/C16H21N3S/c1-2-10-18-11-9-13-5-7-14(8-6-13)19-16(17)15-4-3-12-20-15/h3-8,12,18H,2,9-11H2,1H3,(H2,17,19). The molecule has 1 aromatic carbocycles. The van der Waals surface area contributed by atoms with Crippen molar-refractivity contribution in [3.63, 3.8) is 0 Å². The van der Waals surface area contributed by atoms with E-state index in [4.69, 9.17) is 5.73 Å². The molecule has 0 aliphatic carbocycles. The van der Waals surface area contributed by atoms with Gasteiger partial charge in [-0.25, -0.2) is 4.99 Å². The van der Waals surface area contributed by atoms with Crippen molar-refractivity contribution in [1.82, 2.24) is 5.32 Å². The molecule has 0 aliphatic rings. The molecular weight excluding hydrogens is 266 g/mol. The second-order valence-electron chi connectivity index (χ2n) is 4.64. The molecule has 0 fully saturated rings. The fourth-order valence-corrected chi connectivity index (χ4v) is 2.52. The average molecular weight is 287 g/mol. The van der Waals surface area contributed by atoms with Gasteiger partial charge in [-0.2, -0.15) is 0 Å². The van der Waals surface area contributed by atoms with Gasteiger partial charge < -0.3 is 11.1 Å². The highest BCUT2D eigenvalue weighted by Crippen LogP contribution is 2.16. The van der Waals surface area contributed by atoms with Gasteiger partial charge in [-0.3, -0.25) is 0 Å². The van der Waals surface area contributed by atoms with E-state index in [9.17, 15) is 0 Å². The van der Waals surface area contributed by atoms with Crippen LogP contribution in [0, 0.1) is 0 Å². The first-order valence-electron chi connectivity index (χ1n) is 6.97. The largest absolute Gasteiger partial charge is 0.383 e. The summed E-state index contributed by atoms with van der Waals surface area (Å²) in [5.41, 5.74) is 8.20. The Morgan fingerprint density at radius 3 is 2.65 bits per heavy atom. The van der Waals surface area contributed by atoms with Gasteiger partial charge in [-0.05, 0) is 55.1 Å². The van der Waals surface area contributed by atoms with E-state index in [-0.39, 0.29) is 0 Å². The third kappa shape index (κ3) is 4.47. The summed E-state index contributed by atoms with van der Waals surface area (Å²) in [6.07, 6.45) is 2.22. The van der Waals surface area contributed by atoms with Gasteiger partial charge in [0.2, 0.25) is 0 Å². The van der Waals surface area contributed by atoms with E-state index < -0.39 is 0 Å². The summed E-state index contributed by atoms with van der Waals surface area (Å²) >= 11 is 1.61. The van der Waals surface area contributed by atoms with E-state index in [1.54, 1.807) is 11.3 Å². The van der Waals surface area contributed by atoms with Crippen LogP contribution in [0.3, 0.4) is 0 Å². The molecule has 3 nitrogen and oxygen atoms in total. The monoisotopic (exact) mass is 287 g/mol. The number of hydrogen-bond acceptors (Lipinski definition) is 3. The molecule has 0 atom stereocenters. The Balaban J connectivity index is 1.93. The Kier molecular flexibility index (Phi) is 5.77. The van der Waals surface area contributed by atoms with Crippen molar-refractivity contribution in [3.8, 4) is 0 Å². The minimum absolute atomic E-state index is 0.581. The molecule has 0 bridgehead atoms. The van der Waals surface area contributed by atoms with Crippen LogP contribution in [0.2, 0.25) is 0 Å². The van der Waals surface area contributed by atoms with Gasteiger partial charge in [-0.1, -0.05) is 25.1 Å². The molecule has 0 radical (unpaired) electrons. The minimum Gasteiger partial charge on any atom is -0.383 e. The molecule has 3 N–H and O–H groups in total. The minimum atomic E-state index is 0.581. The summed E-state index contributed by atoms with van der Waals surface area (Å²) in [6.45, 7) is 4.28. The summed E-state index contributed by atoms with van der Waals surface area (Å²) in [7, 11) is 0. The Morgan fingerprint density at radius 2 is 2.00 bits per heavy atom. The molecule has 0 saturated heterocycles. The normalized spacial score (nSPS) is 11.8. The molecule has 2 aromatic rings. The summed E-state index contributed by atoms with van der Waals surface area (Å²) in [5, 5.41) is 5.41. The summed E-state index contributed by atoms with van der Waals surface area (Å²) in [4.78, 5) is 5.45. The third-order valence-corrected chi connectivity index (χ3v) is 3.87. The molecule has 0 aliphatic heterocycles. The smallest absolute Gasteiger partial charge is 0.141 e. The lowest BCUT2D eigenvalue weighted by atomic mass is 10.1. The van der Waals surface area contributed by atoms with E-state index in [1.807, 2.05) is 29.6 Å². The predicted molar refractivity (Wildman–Crippen MR) is 88.0 cm³/mol. The van der Waals surface area contributed by atoms with Gasteiger partial charge in [0.05, 0.1) is 10.6 Å². The van der Waals surface area contributed by atoms with Gasteiger partial charge in [0.1, 0.15) is 5.84 Å². The lowest BCUT2D eigenvalue weighted by molar-refractivity contribution is 0.671.